The van der Waals surface area contributed by atoms with Crippen LogP contribution >= 0.6 is 11.3 Å². The zero-order chi connectivity index (χ0) is 11.7. The lowest BCUT2D eigenvalue weighted by atomic mass is 10.1. The first-order chi connectivity index (χ1) is 7.58. The lowest BCUT2D eigenvalue weighted by Crippen LogP contribution is -1.89. The van der Waals surface area contributed by atoms with Crippen molar-refractivity contribution in [1.29, 1.82) is 0 Å². The van der Waals surface area contributed by atoms with Crippen molar-refractivity contribution in [2.75, 3.05) is 0 Å². The van der Waals surface area contributed by atoms with Gasteiger partial charge in [-0.3, -0.25) is 0 Å². The number of carboxylic acid groups (broad SMARTS) is 1. The van der Waals surface area contributed by atoms with Crippen LogP contribution in [0.2, 0.25) is 0 Å². The van der Waals surface area contributed by atoms with Crippen LogP contribution < -0.4 is 0 Å². The van der Waals surface area contributed by atoms with E-state index in [1.165, 1.54) is 12.1 Å². The van der Waals surface area contributed by atoms with Crippen molar-refractivity contribution in [3.63, 3.8) is 0 Å². The first kappa shape index (κ1) is 10.8. The van der Waals surface area contributed by atoms with Crippen LogP contribution in [-0.4, -0.2) is 11.1 Å². The predicted octanol–water partition coefficient (Wildman–Crippen LogP) is 3.56. The Bertz CT molecular complexity index is 546. The average molecular weight is 236 g/mol. The SMILES string of the molecule is Cc1ccc(F)c(-c2ccc(C(=O)O)s2)c1. The van der Waals surface area contributed by atoms with Gasteiger partial charge in [0.2, 0.25) is 0 Å². The number of thiophene rings is 1. The molecule has 2 aromatic rings. The quantitative estimate of drug-likeness (QED) is 0.865. The molecule has 1 heterocycles. The van der Waals surface area contributed by atoms with E-state index < -0.39 is 5.97 Å². The summed E-state index contributed by atoms with van der Waals surface area (Å²) in [6.07, 6.45) is 0. The van der Waals surface area contributed by atoms with E-state index in [1.807, 2.05) is 6.92 Å². The fraction of sp³-hybridized carbons (Fsp3) is 0.0833. The minimum absolute atomic E-state index is 0.218. The zero-order valence-electron chi connectivity index (χ0n) is 8.53. The standard InChI is InChI=1S/C12H9FO2S/c1-7-2-3-9(13)8(6-7)10-4-5-11(16-10)12(14)15/h2-6H,1H3,(H,14,15). The maximum absolute atomic E-state index is 13.5. The van der Waals surface area contributed by atoms with E-state index in [9.17, 15) is 9.18 Å². The summed E-state index contributed by atoms with van der Waals surface area (Å²) >= 11 is 1.08. The molecule has 1 N–H and O–H groups in total. The number of aryl methyl sites for hydroxylation is 1. The highest BCUT2D eigenvalue weighted by Gasteiger charge is 2.11. The van der Waals surface area contributed by atoms with Crippen molar-refractivity contribution in [2.45, 2.75) is 6.92 Å². The number of carboxylic acids is 1. The van der Waals surface area contributed by atoms with Gasteiger partial charge in [0, 0.05) is 10.4 Å². The predicted molar refractivity (Wildman–Crippen MR) is 61.4 cm³/mol. The highest BCUT2D eigenvalue weighted by Crippen LogP contribution is 2.30. The minimum Gasteiger partial charge on any atom is -0.477 e. The Kier molecular flexibility index (Phi) is 2.75. The molecule has 2 nitrogen and oxygen atoms in total. The Morgan fingerprint density at radius 2 is 2.06 bits per heavy atom. The van der Waals surface area contributed by atoms with Crippen LogP contribution in [0.5, 0.6) is 0 Å². The molecular weight excluding hydrogens is 227 g/mol. The third-order valence-corrected chi connectivity index (χ3v) is 3.31. The highest BCUT2D eigenvalue weighted by molar-refractivity contribution is 7.17. The molecule has 0 fully saturated rings. The Morgan fingerprint density at radius 3 is 2.69 bits per heavy atom. The number of hydrogen-bond acceptors (Lipinski definition) is 2. The largest absolute Gasteiger partial charge is 0.477 e. The van der Waals surface area contributed by atoms with Gasteiger partial charge in [-0.05, 0) is 31.2 Å². The van der Waals surface area contributed by atoms with Gasteiger partial charge >= 0.3 is 5.97 Å². The molecule has 0 saturated carbocycles. The van der Waals surface area contributed by atoms with E-state index in [-0.39, 0.29) is 10.7 Å². The van der Waals surface area contributed by atoms with E-state index in [0.29, 0.717) is 10.4 Å². The van der Waals surface area contributed by atoms with Crippen molar-refractivity contribution < 1.29 is 14.3 Å². The Labute approximate surface area is 96.0 Å². The van der Waals surface area contributed by atoms with Crippen LogP contribution in [0.25, 0.3) is 10.4 Å². The fourth-order valence-corrected chi connectivity index (χ4v) is 2.29. The minimum atomic E-state index is -0.982. The molecule has 1 aromatic carbocycles. The molecule has 2 rings (SSSR count). The van der Waals surface area contributed by atoms with Crippen molar-refractivity contribution >= 4 is 17.3 Å². The van der Waals surface area contributed by atoms with Gasteiger partial charge in [-0.15, -0.1) is 11.3 Å². The van der Waals surface area contributed by atoms with Crippen molar-refractivity contribution in [2.24, 2.45) is 0 Å². The lowest BCUT2D eigenvalue weighted by molar-refractivity contribution is 0.0702. The first-order valence-corrected chi connectivity index (χ1v) is 5.49. The number of rotatable bonds is 2. The summed E-state index contributed by atoms with van der Waals surface area (Å²) in [7, 11) is 0. The summed E-state index contributed by atoms with van der Waals surface area (Å²) < 4.78 is 13.5. The number of benzene rings is 1. The van der Waals surface area contributed by atoms with Crippen LogP contribution in [0.3, 0.4) is 0 Å². The maximum Gasteiger partial charge on any atom is 0.345 e. The second-order valence-electron chi connectivity index (χ2n) is 3.45. The van der Waals surface area contributed by atoms with E-state index in [1.54, 1.807) is 18.2 Å². The number of halogens is 1. The Hall–Kier alpha value is -1.68. The first-order valence-electron chi connectivity index (χ1n) is 4.67. The van der Waals surface area contributed by atoms with Gasteiger partial charge in [-0.2, -0.15) is 0 Å². The van der Waals surface area contributed by atoms with Crippen molar-refractivity contribution in [1.82, 2.24) is 0 Å². The third kappa shape index (κ3) is 1.97. The van der Waals surface area contributed by atoms with Crippen LogP contribution in [0.1, 0.15) is 15.2 Å². The second kappa shape index (κ2) is 4.06. The molecule has 16 heavy (non-hydrogen) atoms. The Morgan fingerprint density at radius 1 is 1.31 bits per heavy atom. The van der Waals surface area contributed by atoms with Gasteiger partial charge in [0.1, 0.15) is 10.7 Å². The van der Waals surface area contributed by atoms with Gasteiger partial charge in [-0.25, -0.2) is 9.18 Å². The van der Waals surface area contributed by atoms with E-state index >= 15 is 0 Å². The molecule has 82 valence electrons. The van der Waals surface area contributed by atoms with Crippen LogP contribution in [0.15, 0.2) is 30.3 Å². The maximum atomic E-state index is 13.5. The van der Waals surface area contributed by atoms with E-state index in [4.69, 9.17) is 5.11 Å². The molecule has 1 aromatic heterocycles. The second-order valence-corrected chi connectivity index (χ2v) is 4.54. The van der Waals surface area contributed by atoms with Gasteiger partial charge in [0.05, 0.1) is 0 Å². The monoisotopic (exact) mass is 236 g/mol. The number of aromatic carboxylic acids is 1. The molecule has 0 spiro atoms. The molecule has 0 aliphatic rings. The third-order valence-electron chi connectivity index (χ3n) is 2.20. The van der Waals surface area contributed by atoms with Crippen molar-refractivity contribution in [3.8, 4) is 10.4 Å². The summed E-state index contributed by atoms with van der Waals surface area (Å²) in [5.41, 5.74) is 1.40. The topological polar surface area (TPSA) is 37.3 Å². The van der Waals surface area contributed by atoms with Gasteiger partial charge in [-0.1, -0.05) is 11.6 Å². The normalized spacial score (nSPS) is 10.4. The molecule has 0 unspecified atom stereocenters. The molecule has 0 amide bonds. The molecular formula is C12H9FO2S. The van der Waals surface area contributed by atoms with E-state index in [2.05, 4.69) is 0 Å². The lowest BCUT2D eigenvalue weighted by Gasteiger charge is -2.01. The molecule has 4 heteroatoms. The Balaban J connectivity index is 2.50. The molecule has 0 saturated heterocycles. The summed E-state index contributed by atoms with van der Waals surface area (Å²) in [4.78, 5) is 11.6. The highest BCUT2D eigenvalue weighted by atomic mass is 32.1. The summed E-state index contributed by atoms with van der Waals surface area (Å²) in [5.74, 6) is -1.31. The zero-order valence-corrected chi connectivity index (χ0v) is 9.34. The average Bonchev–Trinajstić information content (AvgIpc) is 2.70. The fourth-order valence-electron chi connectivity index (χ4n) is 1.43. The van der Waals surface area contributed by atoms with Gasteiger partial charge in [0.15, 0.2) is 0 Å². The molecule has 0 atom stereocenters. The summed E-state index contributed by atoms with van der Waals surface area (Å²) in [5, 5.41) is 8.79. The molecule has 0 bridgehead atoms. The van der Waals surface area contributed by atoms with E-state index in [0.717, 1.165) is 16.9 Å². The van der Waals surface area contributed by atoms with Crippen LogP contribution in [0, 0.1) is 12.7 Å². The smallest absolute Gasteiger partial charge is 0.345 e. The van der Waals surface area contributed by atoms with Gasteiger partial charge in [0.25, 0.3) is 0 Å². The van der Waals surface area contributed by atoms with Crippen molar-refractivity contribution in [3.05, 3.63) is 46.6 Å². The summed E-state index contributed by atoms with van der Waals surface area (Å²) in [6.45, 7) is 1.87. The summed E-state index contributed by atoms with van der Waals surface area (Å²) in [6, 6.07) is 7.91. The molecule has 0 aliphatic heterocycles. The van der Waals surface area contributed by atoms with Crippen LogP contribution in [0.4, 0.5) is 4.39 Å². The number of carbonyl (C=O) groups is 1. The van der Waals surface area contributed by atoms with Crippen LogP contribution in [-0.2, 0) is 0 Å². The van der Waals surface area contributed by atoms with Gasteiger partial charge < -0.3 is 5.11 Å². The molecule has 0 aliphatic carbocycles. The number of hydrogen-bond donors (Lipinski definition) is 1. The molecule has 0 radical (unpaired) electrons.